The van der Waals surface area contributed by atoms with Crippen LogP contribution in [0.4, 0.5) is 0 Å². The summed E-state index contributed by atoms with van der Waals surface area (Å²) < 4.78 is 0. The molecule has 0 fully saturated rings. The molecule has 1 unspecified atom stereocenters. The van der Waals surface area contributed by atoms with Crippen LogP contribution in [0.25, 0.3) is 0 Å². The summed E-state index contributed by atoms with van der Waals surface area (Å²) in [7, 11) is 0. The Kier molecular flexibility index (Phi) is 5.09. The van der Waals surface area contributed by atoms with Crippen LogP contribution in [0.3, 0.4) is 0 Å². The van der Waals surface area contributed by atoms with Crippen molar-refractivity contribution in [1.29, 1.82) is 0 Å². The molecule has 1 aliphatic rings. The number of hydrogen-bond donors (Lipinski definition) is 0. The summed E-state index contributed by atoms with van der Waals surface area (Å²) in [4.78, 5) is 17.0. The van der Waals surface area contributed by atoms with Gasteiger partial charge in [0.15, 0.2) is 11.9 Å². The van der Waals surface area contributed by atoms with Gasteiger partial charge in [-0.25, -0.2) is 0 Å². The van der Waals surface area contributed by atoms with E-state index in [2.05, 4.69) is 36.3 Å². The third kappa shape index (κ3) is 3.73. The predicted molar refractivity (Wildman–Crippen MR) is 96.5 cm³/mol. The van der Waals surface area contributed by atoms with E-state index in [1.165, 1.54) is 18.4 Å². The second-order valence-corrected chi connectivity index (χ2v) is 6.31. The van der Waals surface area contributed by atoms with Crippen molar-refractivity contribution in [2.24, 2.45) is 5.16 Å². The summed E-state index contributed by atoms with van der Waals surface area (Å²) >= 11 is 0. The summed E-state index contributed by atoms with van der Waals surface area (Å²) in [5.41, 5.74) is 5.26. The van der Waals surface area contributed by atoms with Crippen molar-refractivity contribution in [3.63, 3.8) is 0 Å². The largest absolute Gasteiger partial charge is 0.387 e. The molecule has 1 aliphatic heterocycles. The molecular weight excluding hydrogens is 298 g/mol. The van der Waals surface area contributed by atoms with Gasteiger partial charge in [-0.3, -0.25) is 4.79 Å². The maximum atomic E-state index is 11.4. The van der Waals surface area contributed by atoms with Crippen molar-refractivity contribution in [3.05, 3.63) is 70.8 Å². The molecule has 3 nitrogen and oxygen atoms in total. The van der Waals surface area contributed by atoms with Gasteiger partial charge < -0.3 is 4.84 Å². The smallest absolute Gasteiger partial charge is 0.159 e. The minimum atomic E-state index is -0.0687. The van der Waals surface area contributed by atoms with Crippen LogP contribution >= 0.6 is 0 Å². The molecule has 2 aromatic carbocycles. The molecular formula is C21H23NO2. The number of oxime groups is 1. The minimum absolute atomic E-state index is 0.0687. The van der Waals surface area contributed by atoms with Crippen LogP contribution in [0.5, 0.6) is 0 Å². The van der Waals surface area contributed by atoms with Crippen molar-refractivity contribution >= 4 is 11.5 Å². The Morgan fingerprint density at radius 1 is 1.12 bits per heavy atom. The van der Waals surface area contributed by atoms with E-state index in [0.29, 0.717) is 0 Å². The van der Waals surface area contributed by atoms with E-state index >= 15 is 0 Å². The molecule has 3 rings (SSSR count). The second-order valence-electron chi connectivity index (χ2n) is 6.31. The van der Waals surface area contributed by atoms with E-state index in [1.54, 1.807) is 6.92 Å². The van der Waals surface area contributed by atoms with Gasteiger partial charge in [0.1, 0.15) is 0 Å². The number of unbranched alkanes of at least 4 members (excludes halogenated alkanes) is 1. The van der Waals surface area contributed by atoms with Crippen LogP contribution in [-0.2, 0) is 11.3 Å². The second kappa shape index (κ2) is 7.43. The number of aryl methyl sites for hydroxylation is 1. The van der Waals surface area contributed by atoms with Gasteiger partial charge in [-0.1, -0.05) is 67.0 Å². The fraction of sp³-hybridized carbons (Fsp3) is 0.333. The lowest BCUT2D eigenvalue weighted by Gasteiger charge is -2.09. The van der Waals surface area contributed by atoms with Crippen LogP contribution in [0.1, 0.15) is 66.3 Å². The summed E-state index contributed by atoms with van der Waals surface area (Å²) in [6, 6.07) is 16.2. The molecule has 0 saturated heterocycles. The van der Waals surface area contributed by atoms with Crippen molar-refractivity contribution in [2.45, 2.75) is 45.6 Å². The Labute approximate surface area is 143 Å². The van der Waals surface area contributed by atoms with Gasteiger partial charge in [-0.2, -0.15) is 0 Å². The SMILES string of the molecule is CCCCc1ccc(C2=NOC(c3ccc(C(C)=O)cc3)C2)cc1. The molecule has 0 amide bonds. The molecule has 0 spiro atoms. The normalized spacial score (nSPS) is 16.6. The van der Waals surface area contributed by atoms with Crippen molar-refractivity contribution in [2.75, 3.05) is 0 Å². The summed E-state index contributed by atoms with van der Waals surface area (Å²) in [5, 5.41) is 4.26. The van der Waals surface area contributed by atoms with Gasteiger partial charge in [0.25, 0.3) is 0 Å². The summed E-state index contributed by atoms with van der Waals surface area (Å²) in [6.07, 6.45) is 4.26. The average Bonchev–Trinajstić information content (AvgIpc) is 3.10. The van der Waals surface area contributed by atoms with Gasteiger partial charge in [-0.15, -0.1) is 0 Å². The topological polar surface area (TPSA) is 38.7 Å². The number of benzene rings is 2. The molecule has 0 bridgehead atoms. The Hall–Kier alpha value is -2.42. The van der Waals surface area contributed by atoms with E-state index in [0.717, 1.165) is 35.2 Å². The van der Waals surface area contributed by atoms with Crippen LogP contribution in [0, 0.1) is 0 Å². The zero-order chi connectivity index (χ0) is 16.9. The van der Waals surface area contributed by atoms with E-state index < -0.39 is 0 Å². The first-order valence-electron chi connectivity index (χ1n) is 8.60. The van der Waals surface area contributed by atoms with Crippen molar-refractivity contribution in [3.8, 4) is 0 Å². The van der Waals surface area contributed by atoms with Gasteiger partial charge in [0, 0.05) is 12.0 Å². The van der Waals surface area contributed by atoms with Gasteiger partial charge in [-0.05, 0) is 36.5 Å². The molecule has 2 aromatic rings. The first-order chi connectivity index (χ1) is 11.7. The van der Waals surface area contributed by atoms with E-state index in [-0.39, 0.29) is 11.9 Å². The molecule has 0 saturated carbocycles. The first kappa shape index (κ1) is 16.4. The Morgan fingerprint density at radius 3 is 2.46 bits per heavy atom. The van der Waals surface area contributed by atoms with Gasteiger partial charge in [0.2, 0.25) is 0 Å². The highest BCUT2D eigenvalue weighted by Crippen LogP contribution is 2.29. The van der Waals surface area contributed by atoms with Crippen LogP contribution in [0.15, 0.2) is 53.7 Å². The maximum absolute atomic E-state index is 11.4. The van der Waals surface area contributed by atoms with Crippen LogP contribution in [0.2, 0.25) is 0 Å². The van der Waals surface area contributed by atoms with Crippen LogP contribution < -0.4 is 0 Å². The van der Waals surface area contributed by atoms with E-state index in [4.69, 9.17) is 4.84 Å². The summed E-state index contributed by atoms with van der Waals surface area (Å²) in [5.74, 6) is 0.0778. The van der Waals surface area contributed by atoms with E-state index in [1.807, 2.05) is 24.3 Å². The first-order valence-corrected chi connectivity index (χ1v) is 8.60. The molecule has 0 aromatic heterocycles. The molecule has 0 N–H and O–H groups in total. The monoisotopic (exact) mass is 321 g/mol. The molecule has 0 radical (unpaired) electrons. The number of nitrogens with zero attached hydrogens (tertiary/aromatic N) is 1. The highest BCUT2D eigenvalue weighted by molar-refractivity contribution is 6.01. The highest BCUT2D eigenvalue weighted by Gasteiger charge is 2.23. The third-order valence-corrected chi connectivity index (χ3v) is 4.46. The number of carbonyl (C=O) groups is 1. The highest BCUT2D eigenvalue weighted by atomic mass is 16.6. The van der Waals surface area contributed by atoms with Crippen molar-refractivity contribution in [1.82, 2.24) is 0 Å². The average molecular weight is 321 g/mol. The lowest BCUT2D eigenvalue weighted by atomic mass is 9.98. The fourth-order valence-electron chi connectivity index (χ4n) is 2.90. The molecule has 3 heteroatoms. The Bertz CT molecular complexity index is 729. The third-order valence-electron chi connectivity index (χ3n) is 4.46. The number of rotatable bonds is 6. The lowest BCUT2D eigenvalue weighted by Crippen LogP contribution is -2.02. The molecule has 0 aliphatic carbocycles. The quantitative estimate of drug-likeness (QED) is 0.694. The molecule has 124 valence electrons. The van der Waals surface area contributed by atoms with Gasteiger partial charge in [0.05, 0.1) is 5.71 Å². The number of carbonyl (C=O) groups excluding carboxylic acids is 1. The Balaban J connectivity index is 1.65. The minimum Gasteiger partial charge on any atom is -0.387 e. The lowest BCUT2D eigenvalue weighted by molar-refractivity contribution is 0.0856. The zero-order valence-corrected chi connectivity index (χ0v) is 14.3. The maximum Gasteiger partial charge on any atom is 0.159 e. The van der Waals surface area contributed by atoms with Gasteiger partial charge >= 0.3 is 0 Å². The van der Waals surface area contributed by atoms with Crippen LogP contribution in [-0.4, -0.2) is 11.5 Å². The predicted octanol–water partition coefficient (Wildman–Crippen LogP) is 5.10. The molecule has 1 heterocycles. The summed E-state index contributed by atoms with van der Waals surface area (Å²) in [6.45, 7) is 3.79. The van der Waals surface area contributed by atoms with E-state index in [9.17, 15) is 4.79 Å². The Morgan fingerprint density at radius 2 is 1.83 bits per heavy atom. The fourth-order valence-corrected chi connectivity index (χ4v) is 2.90. The van der Waals surface area contributed by atoms with Crippen molar-refractivity contribution < 1.29 is 9.63 Å². The number of hydrogen-bond acceptors (Lipinski definition) is 3. The molecule has 1 atom stereocenters. The standard InChI is InChI=1S/C21H23NO2/c1-3-4-5-16-6-8-18(9-7-16)20-14-21(24-22-20)19-12-10-17(11-13-19)15(2)23/h6-13,21H,3-5,14H2,1-2H3. The number of Topliss-reactive ketones (excluding diaryl/α,β-unsaturated/α-hetero) is 1. The number of ketones is 1. The zero-order valence-electron chi connectivity index (χ0n) is 14.3. The molecule has 24 heavy (non-hydrogen) atoms.